The van der Waals surface area contributed by atoms with Gasteiger partial charge in [0.15, 0.2) is 6.61 Å². The zero-order valence-corrected chi connectivity index (χ0v) is 17.0. The van der Waals surface area contributed by atoms with Crippen molar-refractivity contribution in [2.24, 2.45) is 0 Å². The number of amides is 1. The van der Waals surface area contributed by atoms with Gasteiger partial charge in [-0.05, 0) is 37.1 Å². The molecule has 1 amide bonds. The van der Waals surface area contributed by atoms with Crippen LogP contribution in [0.1, 0.15) is 32.7 Å². The van der Waals surface area contributed by atoms with E-state index in [1.165, 1.54) is 5.56 Å². The van der Waals surface area contributed by atoms with Crippen LogP contribution in [0.3, 0.4) is 0 Å². The smallest absolute Gasteiger partial charge is 0.256 e. The van der Waals surface area contributed by atoms with Gasteiger partial charge in [0.25, 0.3) is 5.91 Å². The van der Waals surface area contributed by atoms with Crippen LogP contribution in [0.4, 0.5) is 0 Å². The maximum atomic E-state index is 12.7. The van der Waals surface area contributed by atoms with E-state index in [0.717, 1.165) is 11.1 Å². The predicted molar refractivity (Wildman–Crippen MR) is 111 cm³/mol. The Morgan fingerprint density at radius 2 is 1.97 bits per heavy atom. The van der Waals surface area contributed by atoms with E-state index in [0.29, 0.717) is 35.2 Å². The molecule has 0 saturated carbocycles. The van der Waals surface area contributed by atoms with Gasteiger partial charge < -0.3 is 10.1 Å². The highest BCUT2D eigenvalue weighted by molar-refractivity contribution is 6.33. The van der Waals surface area contributed by atoms with Crippen LogP contribution in [0.15, 0.2) is 48.5 Å². The van der Waals surface area contributed by atoms with Crippen molar-refractivity contribution in [2.75, 3.05) is 6.61 Å². The van der Waals surface area contributed by atoms with Gasteiger partial charge in [-0.3, -0.25) is 4.79 Å². The average molecular weight is 409 g/mol. The van der Waals surface area contributed by atoms with E-state index < -0.39 is 0 Å². The second-order valence-electron chi connectivity index (χ2n) is 6.67. The first kappa shape index (κ1) is 20.4. The summed E-state index contributed by atoms with van der Waals surface area (Å²) in [5, 5.41) is 16.2. The number of hydrogen-bond acceptors (Lipinski definition) is 4. The van der Waals surface area contributed by atoms with E-state index in [4.69, 9.17) is 21.6 Å². The number of nitriles is 1. The summed E-state index contributed by atoms with van der Waals surface area (Å²) < 4.78 is 6.92. The number of nitrogens with one attached hydrogen (secondary N) is 1. The summed E-state index contributed by atoms with van der Waals surface area (Å²) in [6.45, 7) is 4.57. The van der Waals surface area contributed by atoms with Gasteiger partial charge in [-0.15, -0.1) is 0 Å². The van der Waals surface area contributed by atoms with Gasteiger partial charge in [0.05, 0.1) is 17.8 Å². The fourth-order valence-corrected chi connectivity index (χ4v) is 3.23. The molecule has 0 radical (unpaired) electrons. The zero-order chi connectivity index (χ0) is 20.8. The minimum Gasteiger partial charge on any atom is -0.479 e. The molecule has 1 heterocycles. The Balaban J connectivity index is 1.69. The molecule has 0 aliphatic carbocycles. The van der Waals surface area contributed by atoms with Crippen molar-refractivity contribution >= 4 is 17.5 Å². The van der Waals surface area contributed by atoms with Crippen molar-refractivity contribution in [2.45, 2.75) is 26.9 Å². The number of aromatic nitrogens is 2. The van der Waals surface area contributed by atoms with Gasteiger partial charge in [0.2, 0.25) is 0 Å². The summed E-state index contributed by atoms with van der Waals surface area (Å²) >= 11 is 6.46. The van der Waals surface area contributed by atoms with Crippen molar-refractivity contribution in [1.82, 2.24) is 15.1 Å². The molecule has 3 aromatic rings. The van der Waals surface area contributed by atoms with Gasteiger partial charge in [-0.2, -0.15) is 10.4 Å². The molecule has 3 rings (SSSR count). The SMILES string of the molecule is Cc1ccc(Cn2nc(C)c(C(=O)NCc3cccc(OCC#N)c3)c2Cl)cc1. The van der Waals surface area contributed by atoms with Gasteiger partial charge in [-0.1, -0.05) is 53.6 Å². The third kappa shape index (κ3) is 5.15. The normalized spacial score (nSPS) is 10.4. The lowest BCUT2D eigenvalue weighted by Crippen LogP contribution is -2.23. The molecule has 0 fully saturated rings. The first-order chi connectivity index (χ1) is 14.0. The highest BCUT2D eigenvalue weighted by Crippen LogP contribution is 2.21. The van der Waals surface area contributed by atoms with E-state index in [2.05, 4.69) is 10.4 Å². The summed E-state index contributed by atoms with van der Waals surface area (Å²) in [5.41, 5.74) is 4.04. The van der Waals surface area contributed by atoms with Gasteiger partial charge in [0, 0.05) is 6.54 Å². The van der Waals surface area contributed by atoms with Crippen molar-refractivity contribution in [1.29, 1.82) is 5.26 Å². The van der Waals surface area contributed by atoms with E-state index in [1.54, 1.807) is 23.7 Å². The molecule has 0 aliphatic heterocycles. The summed E-state index contributed by atoms with van der Waals surface area (Å²) in [6, 6.07) is 17.2. The molecular formula is C22H21ClN4O2. The second kappa shape index (κ2) is 9.26. The topological polar surface area (TPSA) is 79.9 Å². The third-order valence-corrected chi connectivity index (χ3v) is 4.78. The average Bonchev–Trinajstić information content (AvgIpc) is 2.99. The number of carbonyl (C=O) groups is 1. The predicted octanol–water partition coefficient (Wildman–Crippen LogP) is 4.03. The standard InChI is InChI=1S/C22H21ClN4O2/c1-15-6-8-17(9-7-15)14-27-21(23)20(16(2)26-27)22(28)25-13-18-4-3-5-19(12-18)29-11-10-24/h3-9,12H,11,13-14H2,1-2H3,(H,25,28). The molecule has 0 saturated heterocycles. The molecule has 0 atom stereocenters. The van der Waals surface area contributed by atoms with E-state index in [-0.39, 0.29) is 12.5 Å². The van der Waals surface area contributed by atoms with Crippen LogP contribution >= 0.6 is 11.6 Å². The highest BCUT2D eigenvalue weighted by atomic mass is 35.5. The lowest BCUT2D eigenvalue weighted by Gasteiger charge is -2.08. The molecule has 1 aromatic heterocycles. The number of ether oxygens (including phenoxy) is 1. The van der Waals surface area contributed by atoms with Crippen molar-refractivity contribution < 1.29 is 9.53 Å². The Morgan fingerprint density at radius 1 is 1.21 bits per heavy atom. The maximum Gasteiger partial charge on any atom is 0.256 e. The molecule has 2 aromatic carbocycles. The molecule has 0 unspecified atom stereocenters. The monoisotopic (exact) mass is 408 g/mol. The lowest BCUT2D eigenvalue weighted by molar-refractivity contribution is 0.0950. The van der Waals surface area contributed by atoms with Crippen LogP contribution in [0.2, 0.25) is 5.15 Å². The molecule has 0 bridgehead atoms. The summed E-state index contributed by atoms with van der Waals surface area (Å²) in [6.07, 6.45) is 0. The summed E-state index contributed by atoms with van der Waals surface area (Å²) in [7, 11) is 0. The van der Waals surface area contributed by atoms with Gasteiger partial charge >= 0.3 is 0 Å². The fourth-order valence-electron chi connectivity index (χ4n) is 2.91. The van der Waals surface area contributed by atoms with E-state index >= 15 is 0 Å². The van der Waals surface area contributed by atoms with Crippen molar-refractivity contribution in [3.05, 3.63) is 81.6 Å². The Labute approximate surface area is 174 Å². The van der Waals surface area contributed by atoms with E-state index in [9.17, 15) is 4.79 Å². The number of rotatable bonds is 7. The van der Waals surface area contributed by atoms with Crippen molar-refractivity contribution in [3.63, 3.8) is 0 Å². The van der Waals surface area contributed by atoms with Gasteiger partial charge in [0.1, 0.15) is 17.0 Å². The Kier molecular flexibility index (Phi) is 6.53. The zero-order valence-electron chi connectivity index (χ0n) is 16.3. The highest BCUT2D eigenvalue weighted by Gasteiger charge is 2.20. The fraction of sp³-hybridized carbons (Fsp3) is 0.227. The van der Waals surface area contributed by atoms with Crippen LogP contribution in [-0.4, -0.2) is 22.3 Å². The van der Waals surface area contributed by atoms with Crippen LogP contribution in [0, 0.1) is 25.2 Å². The lowest BCUT2D eigenvalue weighted by atomic mass is 10.1. The maximum absolute atomic E-state index is 12.7. The Hall–Kier alpha value is -3.30. The molecule has 6 nitrogen and oxygen atoms in total. The molecule has 0 spiro atoms. The third-order valence-electron chi connectivity index (χ3n) is 4.40. The first-order valence-electron chi connectivity index (χ1n) is 9.13. The number of halogens is 1. The summed E-state index contributed by atoms with van der Waals surface area (Å²) in [4.78, 5) is 12.7. The molecule has 0 aliphatic rings. The van der Waals surface area contributed by atoms with Crippen LogP contribution in [-0.2, 0) is 13.1 Å². The van der Waals surface area contributed by atoms with Crippen molar-refractivity contribution in [3.8, 4) is 11.8 Å². The molecule has 1 N–H and O–H groups in total. The van der Waals surface area contributed by atoms with Gasteiger partial charge in [-0.25, -0.2) is 4.68 Å². The quantitative estimate of drug-likeness (QED) is 0.640. The largest absolute Gasteiger partial charge is 0.479 e. The molecule has 7 heteroatoms. The molecular weight excluding hydrogens is 388 g/mol. The minimum atomic E-state index is -0.286. The van der Waals surface area contributed by atoms with E-state index in [1.807, 2.05) is 49.4 Å². The number of carbonyl (C=O) groups excluding carboxylic acids is 1. The molecule has 148 valence electrons. The summed E-state index contributed by atoms with van der Waals surface area (Å²) in [5.74, 6) is 0.296. The second-order valence-corrected chi connectivity index (χ2v) is 7.03. The minimum absolute atomic E-state index is 0.0230. The number of benzene rings is 2. The Bertz CT molecular complexity index is 1050. The number of aryl methyl sites for hydroxylation is 2. The Morgan fingerprint density at radius 3 is 2.69 bits per heavy atom. The van der Waals surface area contributed by atoms with Crippen LogP contribution < -0.4 is 10.1 Å². The van der Waals surface area contributed by atoms with Crippen LogP contribution in [0.5, 0.6) is 5.75 Å². The first-order valence-corrected chi connectivity index (χ1v) is 9.51. The molecule has 29 heavy (non-hydrogen) atoms. The number of nitrogens with zero attached hydrogens (tertiary/aromatic N) is 3. The van der Waals surface area contributed by atoms with Crippen LogP contribution in [0.25, 0.3) is 0 Å². The number of hydrogen-bond donors (Lipinski definition) is 1.